The van der Waals surface area contributed by atoms with E-state index in [1.807, 2.05) is 41.9 Å². The van der Waals surface area contributed by atoms with Crippen molar-refractivity contribution in [1.29, 1.82) is 0 Å². The average Bonchev–Trinajstić information content (AvgIpc) is 2.89. The van der Waals surface area contributed by atoms with E-state index in [4.69, 9.17) is 0 Å². The van der Waals surface area contributed by atoms with E-state index in [2.05, 4.69) is 15.4 Å². The second-order valence-electron chi connectivity index (χ2n) is 5.13. The topological polar surface area (TPSA) is 85.9 Å². The van der Waals surface area contributed by atoms with Gasteiger partial charge in [-0.3, -0.25) is 10.1 Å². The first-order valence-corrected chi connectivity index (χ1v) is 7.04. The minimum absolute atomic E-state index is 0.00672. The highest BCUT2D eigenvalue weighted by Gasteiger charge is 2.13. The predicted molar refractivity (Wildman–Crippen MR) is 87.2 cm³/mol. The monoisotopic (exact) mass is 309 g/mol. The van der Waals surface area contributed by atoms with E-state index in [0.29, 0.717) is 11.4 Å². The van der Waals surface area contributed by atoms with Gasteiger partial charge in [0.05, 0.1) is 28.2 Å². The Morgan fingerprint density at radius 2 is 1.91 bits per heavy atom. The number of rotatable bonds is 4. The summed E-state index contributed by atoms with van der Waals surface area (Å²) in [7, 11) is 0. The molecule has 0 aliphatic rings. The number of aromatic nitrogens is 3. The van der Waals surface area contributed by atoms with Crippen molar-refractivity contribution in [2.24, 2.45) is 0 Å². The van der Waals surface area contributed by atoms with Gasteiger partial charge < -0.3 is 5.32 Å². The van der Waals surface area contributed by atoms with Crippen molar-refractivity contribution in [2.75, 3.05) is 5.32 Å². The lowest BCUT2D eigenvalue weighted by Crippen LogP contribution is -2.01. The molecule has 0 fully saturated rings. The van der Waals surface area contributed by atoms with Crippen LogP contribution >= 0.6 is 0 Å². The van der Waals surface area contributed by atoms with Crippen molar-refractivity contribution in [3.05, 3.63) is 70.2 Å². The lowest BCUT2D eigenvalue weighted by atomic mass is 10.2. The standard InChI is InChI=1S/C16H15N5O2/c1-11-8-16(17-10-15(11)21(22)23)19-14-9-18-20(12(14)2)13-6-4-3-5-7-13/h3-10H,1-2H3,(H,17,19). The number of nitro groups is 1. The zero-order valence-electron chi connectivity index (χ0n) is 12.7. The Balaban J connectivity index is 1.88. The van der Waals surface area contributed by atoms with Crippen molar-refractivity contribution in [1.82, 2.24) is 14.8 Å². The van der Waals surface area contributed by atoms with Gasteiger partial charge in [0.15, 0.2) is 0 Å². The Morgan fingerprint density at radius 1 is 1.17 bits per heavy atom. The van der Waals surface area contributed by atoms with Crippen LogP contribution in [0.15, 0.2) is 48.8 Å². The first-order valence-electron chi connectivity index (χ1n) is 7.04. The van der Waals surface area contributed by atoms with Crippen LogP contribution in [-0.2, 0) is 0 Å². The Labute approximate surface area is 132 Å². The second-order valence-corrected chi connectivity index (χ2v) is 5.13. The minimum Gasteiger partial charge on any atom is -0.337 e. The zero-order valence-corrected chi connectivity index (χ0v) is 12.7. The molecule has 23 heavy (non-hydrogen) atoms. The quantitative estimate of drug-likeness (QED) is 0.588. The molecule has 2 heterocycles. The lowest BCUT2D eigenvalue weighted by molar-refractivity contribution is -0.385. The van der Waals surface area contributed by atoms with E-state index in [0.717, 1.165) is 17.1 Å². The molecular formula is C16H15N5O2. The minimum atomic E-state index is -0.440. The van der Waals surface area contributed by atoms with E-state index in [1.54, 1.807) is 19.2 Å². The summed E-state index contributed by atoms with van der Waals surface area (Å²) in [5, 5.41) is 18.4. The normalized spacial score (nSPS) is 10.5. The Kier molecular flexibility index (Phi) is 3.76. The third kappa shape index (κ3) is 2.89. The SMILES string of the molecule is Cc1cc(Nc2cnn(-c3ccccc3)c2C)ncc1[N+](=O)[O-]. The van der Waals surface area contributed by atoms with Gasteiger partial charge >= 0.3 is 0 Å². The van der Waals surface area contributed by atoms with Crippen molar-refractivity contribution >= 4 is 17.2 Å². The predicted octanol–water partition coefficient (Wildman–Crippen LogP) is 3.54. The zero-order chi connectivity index (χ0) is 16.4. The van der Waals surface area contributed by atoms with Crippen LogP contribution in [-0.4, -0.2) is 19.7 Å². The molecule has 0 saturated carbocycles. The summed E-state index contributed by atoms with van der Waals surface area (Å²) in [6.07, 6.45) is 2.97. The molecule has 1 N–H and O–H groups in total. The molecule has 0 atom stereocenters. The van der Waals surface area contributed by atoms with Crippen molar-refractivity contribution < 1.29 is 4.92 Å². The van der Waals surface area contributed by atoms with Gasteiger partial charge in [0.2, 0.25) is 0 Å². The Morgan fingerprint density at radius 3 is 2.57 bits per heavy atom. The Hall–Kier alpha value is -3.22. The van der Waals surface area contributed by atoms with E-state index in [1.165, 1.54) is 6.20 Å². The average molecular weight is 309 g/mol. The molecule has 3 rings (SSSR count). The third-order valence-corrected chi connectivity index (χ3v) is 3.55. The number of pyridine rings is 1. The first-order chi connectivity index (χ1) is 11.1. The van der Waals surface area contributed by atoms with Gasteiger partial charge in [-0.25, -0.2) is 9.67 Å². The van der Waals surface area contributed by atoms with Crippen molar-refractivity contribution in [3.63, 3.8) is 0 Å². The molecule has 0 bridgehead atoms. The molecule has 0 saturated heterocycles. The van der Waals surface area contributed by atoms with E-state index >= 15 is 0 Å². The summed E-state index contributed by atoms with van der Waals surface area (Å²) in [4.78, 5) is 14.5. The van der Waals surface area contributed by atoms with Gasteiger partial charge in [-0.15, -0.1) is 0 Å². The van der Waals surface area contributed by atoms with Gasteiger partial charge in [-0.05, 0) is 32.0 Å². The van der Waals surface area contributed by atoms with E-state index in [-0.39, 0.29) is 5.69 Å². The highest BCUT2D eigenvalue weighted by Crippen LogP contribution is 2.24. The number of aryl methyl sites for hydroxylation is 1. The van der Waals surface area contributed by atoms with E-state index in [9.17, 15) is 10.1 Å². The van der Waals surface area contributed by atoms with Crippen molar-refractivity contribution in [2.45, 2.75) is 13.8 Å². The molecule has 7 nitrogen and oxygen atoms in total. The van der Waals surface area contributed by atoms with Crippen LogP contribution in [0.4, 0.5) is 17.2 Å². The molecule has 0 amide bonds. The molecule has 0 radical (unpaired) electrons. The number of hydrogen-bond acceptors (Lipinski definition) is 5. The lowest BCUT2D eigenvalue weighted by Gasteiger charge is -2.07. The van der Waals surface area contributed by atoms with Gasteiger partial charge in [-0.1, -0.05) is 18.2 Å². The maximum absolute atomic E-state index is 10.8. The van der Waals surface area contributed by atoms with Gasteiger partial charge in [0, 0.05) is 5.56 Å². The molecular weight excluding hydrogens is 294 g/mol. The second kappa shape index (κ2) is 5.88. The maximum Gasteiger partial charge on any atom is 0.290 e. The largest absolute Gasteiger partial charge is 0.337 e. The summed E-state index contributed by atoms with van der Waals surface area (Å²) in [5.74, 6) is 0.545. The molecule has 2 aromatic heterocycles. The number of benzene rings is 1. The summed E-state index contributed by atoms with van der Waals surface area (Å²) < 4.78 is 1.82. The summed E-state index contributed by atoms with van der Waals surface area (Å²) >= 11 is 0. The number of para-hydroxylation sites is 1. The number of anilines is 2. The van der Waals surface area contributed by atoms with Crippen LogP contribution < -0.4 is 5.32 Å². The molecule has 0 aliphatic heterocycles. The highest BCUT2D eigenvalue weighted by molar-refractivity contribution is 5.61. The van der Waals surface area contributed by atoms with E-state index < -0.39 is 4.92 Å². The molecule has 7 heteroatoms. The fourth-order valence-electron chi connectivity index (χ4n) is 2.31. The third-order valence-electron chi connectivity index (χ3n) is 3.55. The highest BCUT2D eigenvalue weighted by atomic mass is 16.6. The van der Waals surface area contributed by atoms with Crippen LogP contribution in [0.2, 0.25) is 0 Å². The summed E-state index contributed by atoms with van der Waals surface area (Å²) in [6.45, 7) is 3.63. The van der Waals surface area contributed by atoms with Crippen LogP contribution in [0.5, 0.6) is 0 Å². The Bertz CT molecular complexity index is 858. The van der Waals surface area contributed by atoms with Crippen LogP contribution in [0.3, 0.4) is 0 Å². The maximum atomic E-state index is 10.8. The number of nitrogens with zero attached hydrogens (tertiary/aromatic N) is 4. The van der Waals surface area contributed by atoms with Crippen LogP contribution in [0, 0.1) is 24.0 Å². The number of nitrogens with one attached hydrogen (secondary N) is 1. The molecule has 0 aliphatic carbocycles. The van der Waals surface area contributed by atoms with Crippen LogP contribution in [0.1, 0.15) is 11.3 Å². The van der Waals surface area contributed by atoms with Gasteiger partial charge in [0.25, 0.3) is 5.69 Å². The van der Waals surface area contributed by atoms with Gasteiger partial charge in [0.1, 0.15) is 12.0 Å². The summed E-state index contributed by atoms with van der Waals surface area (Å²) in [6, 6.07) is 11.4. The fourth-order valence-corrected chi connectivity index (χ4v) is 2.31. The molecule has 116 valence electrons. The van der Waals surface area contributed by atoms with Crippen molar-refractivity contribution in [3.8, 4) is 5.69 Å². The number of hydrogen-bond donors (Lipinski definition) is 1. The molecule has 3 aromatic rings. The smallest absolute Gasteiger partial charge is 0.290 e. The van der Waals surface area contributed by atoms with Crippen LogP contribution in [0.25, 0.3) is 5.69 Å². The molecule has 0 unspecified atom stereocenters. The molecule has 1 aromatic carbocycles. The molecule has 0 spiro atoms. The van der Waals surface area contributed by atoms with Gasteiger partial charge in [-0.2, -0.15) is 5.10 Å². The summed E-state index contributed by atoms with van der Waals surface area (Å²) in [5.41, 5.74) is 3.25. The first kappa shape index (κ1) is 14.7. The fraction of sp³-hybridized carbons (Fsp3) is 0.125.